The maximum absolute atomic E-state index is 13.0. The first kappa shape index (κ1) is 15.0. The van der Waals surface area contributed by atoms with Crippen molar-refractivity contribution in [2.24, 2.45) is 0 Å². The second-order valence-corrected chi connectivity index (χ2v) is 6.40. The van der Waals surface area contributed by atoms with E-state index < -0.39 is 10.8 Å². The van der Waals surface area contributed by atoms with Crippen LogP contribution in [0.3, 0.4) is 0 Å². The van der Waals surface area contributed by atoms with Gasteiger partial charge >= 0.3 is 0 Å². The molecule has 1 unspecified atom stereocenters. The zero-order valence-corrected chi connectivity index (χ0v) is 13.1. The molecule has 0 saturated heterocycles. The standard InChI is InChI=1S/C14H13BrFNO2S/c1-19-11-4-5-13(17)14(7-11)20(18)8-9-2-3-10(16)6-12(9)15/h2-7H,8,17H2,1H3. The number of ether oxygens (including phenoxy) is 1. The van der Waals surface area contributed by atoms with Crippen LogP contribution in [0.4, 0.5) is 10.1 Å². The van der Waals surface area contributed by atoms with Gasteiger partial charge in [-0.05, 0) is 35.9 Å². The van der Waals surface area contributed by atoms with Crippen LogP contribution in [0.5, 0.6) is 5.75 Å². The van der Waals surface area contributed by atoms with E-state index in [1.165, 1.54) is 19.2 Å². The highest BCUT2D eigenvalue weighted by Crippen LogP contribution is 2.26. The highest BCUT2D eigenvalue weighted by atomic mass is 79.9. The maximum atomic E-state index is 13.0. The number of rotatable bonds is 4. The molecule has 0 aromatic heterocycles. The number of nitrogens with two attached hydrogens (primary N) is 1. The molecule has 2 N–H and O–H groups in total. The smallest absolute Gasteiger partial charge is 0.124 e. The van der Waals surface area contributed by atoms with Crippen molar-refractivity contribution in [1.82, 2.24) is 0 Å². The minimum Gasteiger partial charge on any atom is -0.497 e. The first-order chi connectivity index (χ1) is 9.51. The number of nitrogen functional groups attached to an aromatic ring is 1. The van der Waals surface area contributed by atoms with Crippen LogP contribution in [0.2, 0.25) is 0 Å². The molecule has 0 fully saturated rings. The van der Waals surface area contributed by atoms with E-state index in [0.29, 0.717) is 20.8 Å². The van der Waals surface area contributed by atoms with Gasteiger partial charge in [0, 0.05) is 10.2 Å². The van der Waals surface area contributed by atoms with Gasteiger partial charge < -0.3 is 10.5 Å². The Bertz CT molecular complexity index is 664. The van der Waals surface area contributed by atoms with Gasteiger partial charge in [-0.3, -0.25) is 4.21 Å². The third-order valence-electron chi connectivity index (χ3n) is 2.77. The van der Waals surface area contributed by atoms with Crippen molar-refractivity contribution in [2.75, 3.05) is 12.8 Å². The van der Waals surface area contributed by atoms with E-state index >= 15 is 0 Å². The summed E-state index contributed by atoms with van der Waals surface area (Å²) >= 11 is 3.26. The fourth-order valence-electron chi connectivity index (χ4n) is 1.70. The van der Waals surface area contributed by atoms with E-state index in [9.17, 15) is 8.60 Å². The first-order valence-electron chi connectivity index (χ1n) is 5.77. The Labute approximate surface area is 127 Å². The maximum Gasteiger partial charge on any atom is 0.124 e. The molecule has 2 rings (SSSR count). The van der Waals surface area contributed by atoms with E-state index in [0.717, 1.165) is 5.56 Å². The fraction of sp³-hybridized carbons (Fsp3) is 0.143. The number of halogens is 2. The van der Waals surface area contributed by atoms with Crippen molar-refractivity contribution in [3.63, 3.8) is 0 Å². The second kappa shape index (κ2) is 6.37. The van der Waals surface area contributed by atoms with Crippen LogP contribution in [0.15, 0.2) is 45.8 Å². The predicted octanol–water partition coefficient (Wildman–Crippen LogP) is 3.49. The van der Waals surface area contributed by atoms with E-state index in [2.05, 4.69) is 15.9 Å². The molecule has 0 amide bonds. The summed E-state index contributed by atoms with van der Waals surface area (Å²) < 4.78 is 31.1. The molecule has 3 nitrogen and oxygen atoms in total. The number of anilines is 1. The van der Waals surface area contributed by atoms with Gasteiger partial charge in [0.1, 0.15) is 11.6 Å². The highest BCUT2D eigenvalue weighted by molar-refractivity contribution is 9.10. The van der Waals surface area contributed by atoms with Gasteiger partial charge in [0.05, 0.1) is 28.6 Å². The summed E-state index contributed by atoms with van der Waals surface area (Å²) in [5.74, 6) is 0.506. The fourth-order valence-corrected chi connectivity index (χ4v) is 3.64. The molecule has 2 aromatic carbocycles. The minimum atomic E-state index is -1.33. The van der Waals surface area contributed by atoms with Crippen molar-refractivity contribution in [1.29, 1.82) is 0 Å². The summed E-state index contributed by atoms with van der Waals surface area (Å²) in [5.41, 5.74) is 7.04. The van der Waals surface area contributed by atoms with Gasteiger partial charge in [0.25, 0.3) is 0 Å². The van der Waals surface area contributed by atoms with Gasteiger partial charge in [0.15, 0.2) is 0 Å². The summed E-state index contributed by atoms with van der Waals surface area (Å²) in [7, 11) is 0.204. The van der Waals surface area contributed by atoms with Crippen molar-refractivity contribution in [2.45, 2.75) is 10.6 Å². The lowest BCUT2D eigenvalue weighted by atomic mass is 10.2. The van der Waals surface area contributed by atoms with E-state index in [1.54, 1.807) is 24.3 Å². The SMILES string of the molecule is COc1ccc(N)c(S(=O)Cc2ccc(F)cc2Br)c1. The molecular formula is C14H13BrFNO2S. The molecule has 1 atom stereocenters. The molecule has 0 aliphatic rings. The normalized spacial score (nSPS) is 12.2. The molecule has 0 spiro atoms. The van der Waals surface area contributed by atoms with Gasteiger partial charge in [-0.25, -0.2) is 4.39 Å². The van der Waals surface area contributed by atoms with Crippen LogP contribution >= 0.6 is 15.9 Å². The number of methoxy groups -OCH3 is 1. The van der Waals surface area contributed by atoms with Crippen molar-refractivity contribution in [3.05, 3.63) is 52.3 Å². The lowest BCUT2D eigenvalue weighted by molar-refractivity contribution is 0.413. The van der Waals surface area contributed by atoms with Gasteiger partial charge in [-0.15, -0.1) is 0 Å². The monoisotopic (exact) mass is 357 g/mol. The zero-order valence-electron chi connectivity index (χ0n) is 10.7. The van der Waals surface area contributed by atoms with Crippen molar-refractivity contribution in [3.8, 4) is 5.75 Å². The molecule has 0 aliphatic carbocycles. The lowest BCUT2D eigenvalue weighted by Crippen LogP contribution is -2.02. The second-order valence-electron chi connectivity index (χ2n) is 4.13. The molecule has 106 valence electrons. The molecule has 0 saturated carbocycles. The molecule has 0 radical (unpaired) electrons. The summed E-state index contributed by atoms with van der Waals surface area (Å²) in [6, 6.07) is 9.32. The van der Waals surface area contributed by atoms with Crippen LogP contribution in [-0.2, 0) is 16.6 Å². The van der Waals surface area contributed by atoms with Gasteiger partial charge in [-0.2, -0.15) is 0 Å². The van der Waals surface area contributed by atoms with Crippen molar-refractivity contribution < 1.29 is 13.3 Å². The van der Waals surface area contributed by atoms with Crippen LogP contribution in [0.1, 0.15) is 5.56 Å². The Balaban J connectivity index is 2.28. The van der Waals surface area contributed by atoms with E-state index in [4.69, 9.17) is 10.5 Å². The molecule has 6 heteroatoms. The summed E-state index contributed by atoms with van der Waals surface area (Å²) in [6.07, 6.45) is 0. The van der Waals surface area contributed by atoms with Crippen LogP contribution < -0.4 is 10.5 Å². The Morgan fingerprint density at radius 1 is 1.30 bits per heavy atom. The number of hydrogen-bond donors (Lipinski definition) is 1. The molecular weight excluding hydrogens is 345 g/mol. The van der Waals surface area contributed by atoms with Crippen molar-refractivity contribution >= 4 is 32.4 Å². The Morgan fingerprint density at radius 3 is 2.70 bits per heavy atom. The Hall–Kier alpha value is -1.40. The summed E-state index contributed by atoms with van der Waals surface area (Å²) in [6.45, 7) is 0. The third-order valence-corrected chi connectivity index (χ3v) is 4.92. The lowest BCUT2D eigenvalue weighted by Gasteiger charge is -2.09. The predicted molar refractivity (Wildman–Crippen MR) is 81.6 cm³/mol. The summed E-state index contributed by atoms with van der Waals surface area (Å²) in [4.78, 5) is 0.514. The average Bonchev–Trinajstić information content (AvgIpc) is 2.42. The van der Waals surface area contributed by atoms with Crippen LogP contribution in [0, 0.1) is 5.82 Å². The molecule has 20 heavy (non-hydrogen) atoms. The van der Waals surface area contributed by atoms with Crippen LogP contribution in [0.25, 0.3) is 0 Å². The average molecular weight is 358 g/mol. The largest absolute Gasteiger partial charge is 0.497 e. The first-order valence-corrected chi connectivity index (χ1v) is 7.88. The van der Waals surface area contributed by atoms with Crippen LogP contribution in [-0.4, -0.2) is 11.3 Å². The topological polar surface area (TPSA) is 52.3 Å². The quantitative estimate of drug-likeness (QED) is 0.852. The zero-order chi connectivity index (χ0) is 14.7. The Morgan fingerprint density at radius 2 is 2.05 bits per heavy atom. The minimum absolute atomic E-state index is 0.248. The van der Waals surface area contributed by atoms with Gasteiger partial charge in [0.2, 0.25) is 0 Å². The van der Waals surface area contributed by atoms with Gasteiger partial charge in [-0.1, -0.05) is 22.0 Å². The molecule has 0 aliphatic heterocycles. The molecule has 2 aromatic rings. The number of hydrogen-bond acceptors (Lipinski definition) is 3. The highest BCUT2D eigenvalue weighted by Gasteiger charge is 2.12. The molecule has 0 heterocycles. The summed E-state index contributed by atoms with van der Waals surface area (Å²) in [5, 5.41) is 0. The molecule has 0 bridgehead atoms. The third kappa shape index (κ3) is 3.37. The van der Waals surface area contributed by atoms with E-state index in [1.807, 2.05) is 0 Å². The Kier molecular flexibility index (Phi) is 4.77. The van der Waals surface area contributed by atoms with E-state index in [-0.39, 0.29) is 11.6 Å². The number of benzene rings is 2.